The van der Waals surface area contributed by atoms with Crippen LogP contribution in [-0.4, -0.2) is 35.1 Å². The molecule has 21 heavy (non-hydrogen) atoms. The highest BCUT2D eigenvalue weighted by Gasteiger charge is 2.40. The van der Waals surface area contributed by atoms with Crippen molar-refractivity contribution >= 4 is 11.3 Å². The third kappa shape index (κ3) is 3.33. The monoisotopic (exact) mass is 307 g/mol. The molecule has 3 rings (SSSR count). The fraction of sp³-hybridized carbons (Fsp3) is 0.824. The van der Waals surface area contributed by atoms with Gasteiger partial charge in [-0.05, 0) is 52.4 Å². The Hall–Kier alpha value is -0.450. The van der Waals surface area contributed by atoms with Gasteiger partial charge < -0.3 is 10.2 Å². The zero-order chi connectivity index (χ0) is 15.0. The van der Waals surface area contributed by atoms with Crippen molar-refractivity contribution in [1.29, 1.82) is 0 Å². The molecule has 1 aliphatic carbocycles. The number of piperidine rings is 1. The number of aromatic nitrogens is 1. The lowest BCUT2D eigenvalue weighted by Crippen LogP contribution is -2.58. The van der Waals surface area contributed by atoms with Crippen LogP contribution in [0.2, 0.25) is 0 Å². The Kier molecular flexibility index (Phi) is 4.67. The number of nitrogens with zero attached hydrogens (tertiary/aromatic N) is 2. The quantitative estimate of drug-likeness (QED) is 0.921. The minimum Gasteiger partial charge on any atom is -0.305 e. The molecule has 0 aromatic carbocycles. The van der Waals surface area contributed by atoms with Crippen molar-refractivity contribution in [2.24, 2.45) is 11.8 Å². The van der Waals surface area contributed by atoms with Gasteiger partial charge in [-0.3, -0.25) is 0 Å². The number of fused-ring (bicyclic) bond motifs is 2. The third-order valence-corrected chi connectivity index (χ3v) is 6.38. The first-order valence-corrected chi connectivity index (χ1v) is 9.28. The van der Waals surface area contributed by atoms with Gasteiger partial charge >= 0.3 is 0 Å². The van der Waals surface area contributed by atoms with E-state index in [-0.39, 0.29) is 0 Å². The van der Waals surface area contributed by atoms with Crippen LogP contribution < -0.4 is 5.32 Å². The smallest absolute Gasteiger partial charge is 0.109 e. The maximum atomic E-state index is 4.56. The molecule has 4 heteroatoms. The number of thiazole rings is 1. The van der Waals surface area contributed by atoms with Crippen LogP contribution in [0, 0.1) is 18.8 Å². The molecule has 2 heterocycles. The lowest BCUT2D eigenvalue weighted by atomic mass is 9.73. The molecule has 1 aromatic rings. The summed E-state index contributed by atoms with van der Waals surface area (Å²) in [4.78, 5) is 8.56. The third-order valence-electron chi connectivity index (χ3n) is 5.29. The Morgan fingerprint density at radius 1 is 1.24 bits per heavy atom. The molecule has 2 fully saturated rings. The van der Waals surface area contributed by atoms with E-state index < -0.39 is 0 Å². The molecule has 3 unspecified atom stereocenters. The second-order valence-corrected chi connectivity index (χ2v) is 8.49. The topological polar surface area (TPSA) is 28.2 Å². The standard InChI is InChI=1S/C17H29N3S/c1-11(2)20-9-14-6-5-7-15(10-20)16(14)19-13(4)17-18-8-12(3)21-17/h8,11,13-16,19H,5-7,9-10H2,1-4H3. The largest absolute Gasteiger partial charge is 0.305 e. The van der Waals surface area contributed by atoms with Crippen molar-refractivity contribution in [2.75, 3.05) is 13.1 Å². The zero-order valence-electron chi connectivity index (χ0n) is 13.8. The van der Waals surface area contributed by atoms with E-state index in [9.17, 15) is 0 Å². The average Bonchev–Trinajstić information content (AvgIpc) is 2.84. The van der Waals surface area contributed by atoms with Gasteiger partial charge in [0.2, 0.25) is 0 Å². The molecule has 0 amide bonds. The van der Waals surface area contributed by atoms with E-state index in [1.165, 1.54) is 42.2 Å². The molecule has 1 aliphatic heterocycles. The highest BCUT2D eigenvalue weighted by molar-refractivity contribution is 7.11. The average molecular weight is 308 g/mol. The Morgan fingerprint density at radius 3 is 2.43 bits per heavy atom. The van der Waals surface area contributed by atoms with Gasteiger partial charge in [-0.15, -0.1) is 11.3 Å². The summed E-state index contributed by atoms with van der Waals surface area (Å²) in [6, 6.07) is 1.77. The predicted molar refractivity (Wildman–Crippen MR) is 89.7 cm³/mol. The van der Waals surface area contributed by atoms with Crippen molar-refractivity contribution in [1.82, 2.24) is 15.2 Å². The number of hydrogen-bond donors (Lipinski definition) is 1. The molecule has 0 spiro atoms. The van der Waals surface area contributed by atoms with Gasteiger partial charge in [0.05, 0.1) is 6.04 Å². The van der Waals surface area contributed by atoms with E-state index in [4.69, 9.17) is 0 Å². The molecule has 2 bridgehead atoms. The van der Waals surface area contributed by atoms with Gasteiger partial charge in [0.25, 0.3) is 0 Å². The molecular formula is C17H29N3S. The lowest BCUT2D eigenvalue weighted by molar-refractivity contribution is 0.0257. The van der Waals surface area contributed by atoms with Gasteiger partial charge in [-0.1, -0.05) is 6.42 Å². The molecule has 0 radical (unpaired) electrons. The first-order chi connectivity index (χ1) is 10.0. The molecule has 3 atom stereocenters. The number of likely N-dealkylation sites (tertiary alicyclic amines) is 1. The molecule has 1 saturated carbocycles. The number of hydrogen-bond acceptors (Lipinski definition) is 4. The van der Waals surface area contributed by atoms with E-state index in [0.717, 1.165) is 11.8 Å². The Morgan fingerprint density at radius 2 is 1.90 bits per heavy atom. The van der Waals surface area contributed by atoms with Gasteiger partial charge in [0, 0.05) is 36.2 Å². The molecule has 3 nitrogen and oxygen atoms in total. The second-order valence-electron chi connectivity index (χ2n) is 7.22. The van der Waals surface area contributed by atoms with Crippen molar-refractivity contribution in [3.8, 4) is 0 Å². The van der Waals surface area contributed by atoms with Crippen LogP contribution in [0.1, 0.15) is 56.0 Å². The van der Waals surface area contributed by atoms with Crippen molar-refractivity contribution < 1.29 is 0 Å². The minimum absolute atomic E-state index is 0.391. The number of nitrogens with one attached hydrogen (secondary N) is 1. The summed E-state index contributed by atoms with van der Waals surface area (Å²) < 4.78 is 0. The lowest BCUT2D eigenvalue weighted by Gasteiger charge is -2.49. The van der Waals surface area contributed by atoms with Gasteiger partial charge in [-0.2, -0.15) is 0 Å². The normalized spacial score (nSPS) is 31.6. The van der Waals surface area contributed by atoms with Crippen LogP contribution in [-0.2, 0) is 0 Å². The summed E-state index contributed by atoms with van der Waals surface area (Å²) in [5.41, 5.74) is 0. The van der Waals surface area contributed by atoms with E-state index in [1.54, 1.807) is 0 Å². The van der Waals surface area contributed by atoms with Gasteiger partial charge in [-0.25, -0.2) is 4.98 Å². The highest BCUT2D eigenvalue weighted by atomic mass is 32.1. The number of aryl methyl sites for hydroxylation is 1. The first-order valence-electron chi connectivity index (χ1n) is 8.47. The van der Waals surface area contributed by atoms with Crippen LogP contribution in [0.15, 0.2) is 6.20 Å². The zero-order valence-corrected chi connectivity index (χ0v) is 14.6. The molecular weight excluding hydrogens is 278 g/mol. The molecule has 1 N–H and O–H groups in total. The SMILES string of the molecule is Cc1cnc(C(C)NC2C3CCCC2CN(C(C)C)C3)s1. The summed E-state index contributed by atoms with van der Waals surface area (Å²) in [7, 11) is 0. The Labute approximate surface area is 133 Å². The maximum Gasteiger partial charge on any atom is 0.109 e. The highest BCUT2D eigenvalue weighted by Crippen LogP contribution is 2.37. The van der Waals surface area contributed by atoms with E-state index in [1.807, 2.05) is 17.5 Å². The summed E-state index contributed by atoms with van der Waals surface area (Å²) in [5.74, 6) is 1.65. The fourth-order valence-electron chi connectivity index (χ4n) is 4.10. The summed E-state index contributed by atoms with van der Waals surface area (Å²) >= 11 is 1.83. The van der Waals surface area contributed by atoms with Crippen LogP contribution in [0.5, 0.6) is 0 Å². The van der Waals surface area contributed by atoms with E-state index in [0.29, 0.717) is 18.1 Å². The van der Waals surface area contributed by atoms with Crippen LogP contribution in [0.25, 0.3) is 0 Å². The molecule has 2 aliphatic rings. The van der Waals surface area contributed by atoms with Crippen molar-refractivity contribution in [3.05, 3.63) is 16.1 Å². The van der Waals surface area contributed by atoms with Crippen molar-refractivity contribution in [3.63, 3.8) is 0 Å². The first kappa shape index (κ1) is 15.4. The van der Waals surface area contributed by atoms with Crippen LogP contribution in [0.4, 0.5) is 0 Å². The van der Waals surface area contributed by atoms with E-state index in [2.05, 4.69) is 42.9 Å². The maximum absolute atomic E-state index is 4.56. The Balaban J connectivity index is 1.68. The second kappa shape index (κ2) is 6.35. The summed E-state index contributed by atoms with van der Waals surface area (Å²) in [6.45, 7) is 11.6. The van der Waals surface area contributed by atoms with Crippen LogP contribution >= 0.6 is 11.3 Å². The van der Waals surface area contributed by atoms with Crippen LogP contribution in [0.3, 0.4) is 0 Å². The van der Waals surface area contributed by atoms with Gasteiger partial charge in [0.1, 0.15) is 5.01 Å². The van der Waals surface area contributed by atoms with Crippen molar-refractivity contribution in [2.45, 2.75) is 65.1 Å². The predicted octanol–water partition coefficient (Wildman–Crippen LogP) is 3.61. The minimum atomic E-state index is 0.391. The molecule has 118 valence electrons. The summed E-state index contributed by atoms with van der Waals surface area (Å²) in [5, 5.41) is 5.18. The molecule has 1 saturated heterocycles. The summed E-state index contributed by atoms with van der Waals surface area (Å²) in [6.07, 6.45) is 6.20. The van der Waals surface area contributed by atoms with Gasteiger partial charge in [0.15, 0.2) is 0 Å². The number of rotatable bonds is 4. The molecule has 1 aromatic heterocycles. The fourth-order valence-corrected chi connectivity index (χ4v) is 4.88. The Bertz CT molecular complexity index is 456. The van der Waals surface area contributed by atoms with E-state index >= 15 is 0 Å².